The highest BCUT2D eigenvalue weighted by Gasteiger charge is 2.39. The van der Waals surface area contributed by atoms with Gasteiger partial charge in [-0.05, 0) is 36.4 Å². The molecule has 1 fully saturated rings. The Morgan fingerprint density at radius 2 is 1.73 bits per heavy atom. The van der Waals surface area contributed by atoms with Crippen LogP contribution >= 0.6 is 23.2 Å². The van der Waals surface area contributed by atoms with Crippen LogP contribution in [0.4, 0.5) is 20.2 Å². The van der Waals surface area contributed by atoms with E-state index >= 15 is 0 Å². The van der Waals surface area contributed by atoms with Gasteiger partial charge in [0.2, 0.25) is 10.0 Å². The van der Waals surface area contributed by atoms with Crippen molar-refractivity contribution < 1.29 is 27.1 Å². The van der Waals surface area contributed by atoms with Gasteiger partial charge in [0, 0.05) is 47.6 Å². The van der Waals surface area contributed by atoms with E-state index in [1.165, 1.54) is 24.3 Å². The molecule has 0 amide bonds. The van der Waals surface area contributed by atoms with Crippen LogP contribution in [-0.4, -0.2) is 47.8 Å². The van der Waals surface area contributed by atoms with Gasteiger partial charge in [0.25, 0.3) is 5.92 Å². The Bertz CT molecular complexity index is 1360. The number of pyridine rings is 1. The van der Waals surface area contributed by atoms with Gasteiger partial charge >= 0.3 is 5.97 Å². The summed E-state index contributed by atoms with van der Waals surface area (Å²) in [5, 5.41) is 13.3. The number of aromatic nitrogens is 1. The van der Waals surface area contributed by atoms with E-state index in [0.29, 0.717) is 15.9 Å². The standard InChI is InChI=1S/C21H17Cl2F2N3O4S/c22-12-1-3-16-14(9-12)19(27-17-4-2-13(23)10-15(17)20(29)30)18(11-26-16)33(31,32)28-7-5-21(24,25)6-8-28/h1-4,9-11H,5-8H2,(H,26,27)(H,29,30). The molecular weight excluding hydrogens is 499 g/mol. The zero-order valence-electron chi connectivity index (χ0n) is 16.9. The maximum absolute atomic E-state index is 13.6. The minimum absolute atomic E-state index is 0.0321. The molecule has 1 saturated heterocycles. The first kappa shape index (κ1) is 23.6. The molecule has 0 atom stereocenters. The Morgan fingerprint density at radius 1 is 1.09 bits per heavy atom. The fourth-order valence-corrected chi connectivity index (χ4v) is 5.49. The summed E-state index contributed by atoms with van der Waals surface area (Å²) in [6.45, 7) is -0.715. The molecular formula is C21H17Cl2F2N3O4S. The molecule has 1 aliphatic heterocycles. The number of carboxylic acid groups (broad SMARTS) is 1. The number of halogens is 4. The zero-order chi connectivity index (χ0) is 24.0. The molecule has 3 aromatic rings. The van der Waals surface area contributed by atoms with E-state index in [0.717, 1.165) is 10.5 Å². The Kier molecular flexibility index (Phi) is 6.21. The van der Waals surface area contributed by atoms with Crippen LogP contribution in [0.5, 0.6) is 0 Å². The van der Waals surface area contributed by atoms with Crippen LogP contribution in [0.1, 0.15) is 23.2 Å². The average Bonchev–Trinajstić information content (AvgIpc) is 2.74. The number of alkyl halides is 2. The second kappa shape index (κ2) is 8.68. The number of benzene rings is 2. The fraction of sp³-hybridized carbons (Fsp3) is 0.238. The first-order valence-corrected chi connectivity index (χ1v) is 11.9. The predicted octanol–water partition coefficient (Wildman–Crippen LogP) is 5.40. The number of anilines is 2. The molecule has 12 heteroatoms. The molecule has 2 aromatic carbocycles. The second-order valence-electron chi connectivity index (χ2n) is 7.54. The predicted molar refractivity (Wildman–Crippen MR) is 121 cm³/mol. The minimum Gasteiger partial charge on any atom is -0.478 e. The number of hydrogen-bond acceptors (Lipinski definition) is 5. The fourth-order valence-electron chi connectivity index (χ4n) is 3.60. The summed E-state index contributed by atoms with van der Waals surface area (Å²) in [6.07, 6.45) is -0.0681. The summed E-state index contributed by atoms with van der Waals surface area (Å²) in [4.78, 5) is 15.7. The molecule has 1 aromatic heterocycles. The maximum Gasteiger partial charge on any atom is 0.337 e. The molecule has 0 radical (unpaired) electrons. The Hall–Kier alpha value is -2.53. The van der Waals surface area contributed by atoms with Crippen LogP contribution < -0.4 is 5.32 Å². The van der Waals surface area contributed by atoms with Crippen molar-refractivity contribution in [2.45, 2.75) is 23.7 Å². The lowest BCUT2D eigenvalue weighted by molar-refractivity contribution is -0.0412. The molecule has 7 nitrogen and oxygen atoms in total. The van der Waals surface area contributed by atoms with E-state index in [1.54, 1.807) is 12.1 Å². The van der Waals surface area contributed by atoms with E-state index in [2.05, 4.69) is 10.3 Å². The van der Waals surface area contributed by atoms with Crippen molar-refractivity contribution in [2.75, 3.05) is 18.4 Å². The van der Waals surface area contributed by atoms with E-state index in [9.17, 15) is 27.1 Å². The lowest BCUT2D eigenvalue weighted by Gasteiger charge is -2.31. The van der Waals surface area contributed by atoms with Crippen LogP contribution in [0.2, 0.25) is 10.0 Å². The molecule has 0 unspecified atom stereocenters. The third kappa shape index (κ3) is 4.74. The van der Waals surface area contributed by atoms with Gasteiger partial charge < -0.3 is 10.4 Å². The molecule has 2 heterocycles. The maximum atomic E-state index is 13.6. The van der Waals surface area contributed by atoms with E-state index in [4.69, 9.17) is 23.2 Å². The van der Waals surface area contributed by atoms with Crippen molar-refractivity contribution in [3.05, 3.63) is 58.2 Å². The van der Waals surface area contributed by atoms with Gasteiger partial charge in [0.15, 0.2) is 0 Å². The number of hydrogen-bond donors (Lipinski definition) is 2. The molecule has 33 heavy (non-hydrogen) atoms. The number of carbonyl (C=O) groups is 1. The van der Waals surface area contributed by atoms with E-state index < -0.39 is 34.8 Å². The summed E-state index contributed by atoms with van der Waals surface area (Å²) in [7, 11) is -4.25. The Balaban J connectivity index is 1.89. The molecule has 4 rings (SSSR count). The highest BCUT2D eigenvalue weighted by molar-refractivity contribution is 7.89. The van der Waals surface area contributed by atoms with Crippen LogP contribution in [0.15, 0.2) is 47.5 Å². The van der Waals surface area contributed by atoms with Crippen molar-refractivity contribution in [1.29, 1.82) is 0 Å². The summed E-state index contributed by atoms with van der Waals surface area (Å²) in [5.74, 6) is -4.21. The molecule has 174 valence electrons. The van der Waals surface area contributed by atoms with Gasteiger partial charge in [0.1, 0.15) is 4.90 Å². The largest absolute Gasteiger partial charge is 0.478 e. The number of carboxylic acids is 1. The van der Waals surface area contributed by atoms with Gasteiger partial charge in [-0.1, -0.05) is 23.2 Å². The summed E-state index contributed by atoms with van der Waals surface area (Å²) < 4.78 is 55.1. The van der Waals surface area contributed by atoms with Crippen LogP contribution in [0, 0.1) is 0 Å². The lowest BCUT2D eigenvalue weighted by Crippen LogP contribution is -2.42. The van der Waals surface area contributed by atoms with Gasteiger partial charge in [-0.25, -0.2) is 22.0 Å². The second-order valence-corrected chi connectivity index (χ2v) is 10.3. The molecule has 1 aliphatic rings. The topological polar surface area (TPSA) is 99.6 Å². The molecule has 0 bridgehead atoms. The Morgan fingerprint density at radius 3 is 2.39 bits per heavy atom. The highest BCUT2D eigenvalue weighted by atomic mass is 35.5. The van der Waals surface area contributed by atoms with E-state index in [-0.39, 0.29) is 39.9 Å². The summed E-state index contributed by atoms with van der Waals surface area (Å²) in [6, 6.07) is 8.73. The van der Waals surface area contributed by atoms with Gasteiger partial charge in [-0.2, -0.15) is 4.31 Å². The van der Waals surface area contributed by atoms with Gasteiger partial charge in [-0.15, -0.1) is 0 Å². The van der Waals surface area contributed by atoms with Crippen LogP contribution in [0.25, 0.3) is 10.9 Å². The number of nitrogens with zero attached hydrogens (tertiary/aromatic N) is 2. The third-order valence-electron chi connectivity index (χ3n) is 5.34. The molecule has 0 aliphatic carbocycles. The highest BCUT2D eigenvalue weighted by Crippen LogP contribution is 2.38. The lowest BCUT2D eigenvalue weighted by atomic mass is 10.1. The molecule has 0 saturated carbocycles. The number of rotatable bonds is 5. The number of nitrogens with one attached hydrogen (secondary N) is 1. The zero-order valence-corrected chi connectivity index (χ0v) is 19.2. The molecule has 2 N–H and O–H groups in total. The van der Waals surface area contributed by atoms with Crippen molar-refractivity contribution in [2.24, 2.45) is 0 Å². The monoisotopic (exact) mass is 515 g/mol. The smallest absolute Gasteiger partial charge is 0.337 e. The Labute approximate surface area is 198 Å². The van der Waals surface area contributed by atoms with Crippen molar-refractivity contribution in [3.63, 3.8) is 0 Å². The quantitative estimate of drug-likeness (QED) is 0.471. The van der Waals surface area contributed by atoms with E-state index in [1.807, 2.05) is 0 Å². The van der Waals surface area contributed by atoms with Crippen molar-refractivity contribution in [3.8, 4) is 0 Å². The van der Waals surface area contributed by atoms with Crippen molar-refractivity contribution in [1.82, 2.24) is 9.29 Å². The van der Waals surface area contributed by atoms with Gasteiger partial charge in [0.05, 0.1) is 22.5 Å². The SMILES string of the molecule is O=C(O)c1cc(Cl)ccc1Nc1c(S(=O)(=O)N2CCC(F)(F)CC2)cnc2ccc(Cl)cc12. The van der Waals surface area contributed by atoms with Crippen molar-refractivity contribution >= 4 is 61.5 Å². The first-order valence-electron chi connectivity index (χ1n) is 9.74. The number of fused-ring (bicyclic) bond motifs is 1. The summed E-state index contributed by atoms with van der Waals surface area (Å²) >= 11 is 12.1. The average molecular weight is 516 g/mol. The van der Waals surface area contributed by atoms with Crippen LogP contribution in [-0.2, 0) is 10.0 Å². The van der Waals surface area contributed by atoms with Crippen LogP contribution in [0.3, 0.4) is 0 Å². The normalized spacial score (nSPS) is 16.6. The minimum atomic E-state index is -4.25. The van der Waals surface area contributed by atoms with Gasteiger partial charge in [-0.3, -0.25) is 4.98 Å². The number of aromatic carboxylic acids is 1. The summed E-state index contributed by atoms with van der Waals surface area (Å²) in [5.41, 5.74) is 0.331. The number of piperidine rings is 1. The number of sulfonamides is 1. The molecule has 0 spiro atoms. The third-order valence-corrected chi connectivity index (χ3v) is 7.72. The first-order chi connectivity index (χ1) is 15.5.